The molecule has 23 heavy (non-hydrogen) atoms. The van der Waals surface area contributed by atoms with E-state index < -0.39 is 24.1 Å². The van der Waals surface area contributed by atoms with Crippen molar-refractivity contribution in [3.63, 3.8) is 0 Å². The maximum absolute atomic E-state index is 13.8. The van der Waals surface area contributed by atoms with Crippen molar-refractivity contribution >= 4 is 13.2 Å². The summed E-state index contributed by atoms with van der Waals surface area (Å²) in [6, 6.07) is 6.35. The number of hydrogen-bond acceptors (Lipinski definition) is 4. The van der Waals surface area contributed by atoms with Crippen molar-refractivity contribution in [2.75, 3.05) is 13.6 Å². The molecule has 1 heterocycles. The molecule has 1 saturated heterocycles. The molecule has 0 radical (unpaired) electrons. The van der Waals surface area contributed by atoms with Crippen LogP contribution in [-0.2, 0) is 9.31 Å². The third kappa shape index (κ3) is 3.64. The maximum Gasteiger partial charge on any atom is 0.491 e. The van der Waals surface area contributed by atoms with Gasteiger partial charge in [0.25, 0.3) is 0 Å². The number of nitrogens with one attached hydrogen (secondary N) is 1. The van der Waals surface area contributed by atoms with E-state index in [1.165, 1.54) is 12.1 Å². The summed E-state index contributed by atoms with van der Waals surface area (Å²) >= 11 is 0. The second kappa shape index (κ2) is 6.44. The summed E-state index contributed by atoms with van der Waals surface area (Å²) in [4.78, 5) is 0. The highest BCUT2D eigenvalue weighted by Gasteiger charge is 2.52. The minimum absolute atomic E-state index is 0.0351. The number of halogens is 1. The smallest absolute Gasteiger partial charge is 0.400 e. The largest absolute Gasteiger partial charge is 0.491 e. The lowest BCUT2D eigenvalue weighted by molar-refractivity contribution is 0.00578. The molecule has 0 atom stereocenters. The molecule has 4 nitrogen and oxygen atoms in total. The first-order valence-corrected chi connectivity index (χ1v) is 7.60. The van der Waals surface area contributed by atoms with E-state index in [1.54, 1.807) is 6.07 Å². The molecule has 2 rings (SSSR count). The molecule has 6 heteroatoms. The van der Waals surface area contributed by atoms with Crippen LogP contribution in [0.2, 0.25) is 0 Å². The normalized spacial score (nSPS) is 19.7. The van der Waals surface area contributed by atoms with Gasteiger partial charge in [0.1, 0.15) is 11.9 Å². The molecule has 0 spiro atoms. The highest BCUT2D eigenvalue weighted by atomic mass is 19.1. The second-order valence-corrected chi connectivity index (χ2v) is 6.69. The minimum Gasteiger partial charge on any atom is -0.400 e. The Morgan fingerprint density at radius 3 is 2.39 bits per heavy atom. The predicted molar refractivity (Wildman–Crippen MR) is 89.1 cm³/mol. The quantitative estimate of drug-likeness (QED) is 0.868. The van der Waals surface area contributed by atoms with Crippen LogP contribution in [0.1, 0.15) is 38.8 Å². The van der Waals surface area contributed by atoms with Crippen molar-refractivity contribution in [1.82, 2.24) is 5.32 Å². The first kappa shape index (κ1) is 17.7. The van der Waals surface area contributed by atoms with Crippen LogP contribution < -0.4 is 5.32 Å². The van der Waals surface area contributed by atoms with Gasteiger partial charge in [0.15, 0.2) is 0 Å². The zero-order chi connectivity index (χ0) is 17.3. The van der Waals surface area contributed by atoms with Crippen LogP contribution in [0.3, 0.4) is 0 Å². The Bertz CT molecular complexity index is 649. The van der Waals surface area contributed by atoms with Crippen LogP contribution in [0.25, 0.3) is 6.08 Å². The standard InChI is InChI=1S/C17H22BFN2O2/c1-16(2)17(3,4)23-18(22-16)14(11-21-5)8-12-6-7-13(10-20)15(19)9-12/h6-9,21H,11H2,1-5H3. The molecule has 0 saturated carbocycles. The van der Waals surface area contributed by atoms with E-state index in [2.05, 4.69) is 5.32 Å². The van der Waals surface area contributed by atoms with Gasteiger partial charge in [-0.2, -0.15) is 5.26 Å². The van der Waals surface area contributed by atoms with E-state index in [-0.39, 0.29) is 5.56 Å². The number of nitriles is 1. The van der Waals surface area contributed by atoms with Crippen LogP contribution >= 0.6 is 0 Å². The monoisotopic (exact) mass is 316 g/mol. The molecule has 1 aliphatic heterocycles. The van der Waals surface area contributed by atoms with E-state index in [0.29, 0.717) is 12.1 Å². The number of hydrogen-bond donors (Lipinski definition) is 1. The Hall–Kier alpha value is -1.68. The average molecular weight is 316 g/mol. The molecule has 0 aliphatic carbocycles. The van der Waals surface area contributed by atoms with E-state index in [9.17, 15) is 4.39 Å². The highest BCUT2D eigenvalue weighted by molar-refractivity contribution is 6.55. The summed E-state index contributed by atoms with van der Waals surface area (Å²) in [6.07, 6.45) is 1.84. The maximum atomic E-state index is 13.8. The number of nitrogens with zero attached hydrogens (tertiary/aromatic N) is 1. The fourth-order valence-electron chi connectivity index (χ4n) is 2.33. The first-order valence-electron chi connectivity index (χ1n) is 7.60. The minimum atomic E-state index is -0.529. The fourth-order valence-corrected chi connectivity index (χ4v) is 2.33. The van der Waals surface area contributed by atoms with Crippen LogP contribution in [0.5, 0.6) is 0 Å². The van der Waals surface area contributed by atoms with Gasteiger partial charge in [-0.25, -0.2) is 4.39 Å². The molecule has 1 aliphatic rings. The van der Waals surface area contributed by atoms with Gasteiger partial charge in [-0.15, -0.1) is 0 Å². The van der Waals surface area contributed by atoms with E-state index in [4.69, 9.17) is 14.6 Å². The number of rotatable bonds is 4. The van der Waals surface area contributed by atoms with Gasteiger partial charge in [0.2, 0.25) is 0 Å². The zero-order valence-corrected chi connectivity index (χ0v) is 14.2. The first-order chi connectivity index (χ1) is 10.7. The van der Waals surface area contributed by atoms with Crippen LogP contribution in [0, 0.1) is 17.1 Å². The summed E-state index contributed by atoms with van der Waals surface area (Å²) < 4.78 is 25.9. The summed E-state index contributed by atoms with van der Waals surface area (Å²) in [6.45, 7) is 8.52. The van der Waals surface area contributed by atoms with Crippen LogP contribution in [-0.4, -0.2) is 31.9 Å². The fraction of sp³-hybridized carbons (Fsp3) is 0.471. The van der Waals surface area contributed by atoms with Crippen molar-refractivity contribution < 1.29 is 13.7 Å². The van der Waals surface area contributed by atoms with Gasteiger partial charge in [-0.3, -0.25) is 0 Å². The average Bonchev–Trinajstić information content (AvgIpc) is 2.67. The zero-order valence-electron chi connectivity index (χ0n) is 14.2. The Morgan fingerprint density at radius 1 is 1.30 bits per heavy atom. The Labute approximate surface area is 137 Å². The van der Waals surface area contributed by atoms with Gasteiger partial charge in [0.05, 0.1) is 16.8 Å². The number of likely N-dealkylation sites (N-methyl/N-ethyl adjacent to an activating group) is 1. The number of benzene rings is 1. The Kier molecular flexibility index (Phi) is 4.95. The molecule has 1 fully saturated rings. The van der Waals surface area contributed by atoms with Crippen molar-refractivity contribution in [2.45, 2.75) is 38.9 Å². The molecule has 0 amide bonds. The van der Waals surface area contributed by atoms with Crippen LogP contribution in [0.15, 0.2) is 23.7 Å². The van der Waals surface area contributed by atoms with Crippen molar-refractivity contribution in [3.05, 3.63) is 40.6 Å². The van der Waals surface area contributed by atoms with E-state index >= 15 is 0 Å². The molecule has 1 N–H and O–H groups in total. The Balaban J connectivity index is 2.32. The molecule has 1 aromatic carbocycles. The highest BCUT2D eigenvalue weighted by Crippen LogP contribution is 2.38. The van der Waals surface area contributed by atoms with Crippen molar-refractivity contribution in [1.29, 1.82) is 5.26 Å². The molecular weight excluding hydrogens is 294 g/mol. The third-order valence-electron chi connectivity index (χ3n) is 4.40. The molecule has 0 unspecified atom stereocenters. The van der Waals surface area contributed by atoms with Gasteiger partial charge in [-0.05, 0) is 57.9 Å². The lowest BCUT2D eigenvalue weighted by Gasteiger charge is -2.32. The lowest BCUT2D eigenvalue weighted by atomic mass is 9.77. The summed E-state index contributed by atoms with van der Waals surface area (Å²) in [7, 11) is 1.34. The molecule has 122 valence electrons. The molecule has 0 bridgehead atoms. The van der Waals surface area contributed by atoms with Crippen molar-refractivity contribution in [2.24, 2.45) is 0 Å². The summed E-state index contributed by atoms with van der Waals surface area (Å²) in [5, 5.41) is 11.9. The molecule has 1 aromatic rings. The Morgan fingerprint density at radius 2 is 1.91 bits per heavy atom. The third-order valence-corrected chi connectivity index (χ3v) is 4.40. The van der Waals surface area contributed by atoms with E-state index in [0.717, 1.165) is 5.47 Å². The summed E-state index contributed by atoms with van der Waals surface area (Å²) in [5.41, 5.74) is 0.713. The van der Waals surface area contributed by atoms with Gasteiger partial charge in [0, 0.05) is 6.54 Å². The predicted octanol–water partition coefficient (Wildman–Crippen LogP) is 2.93. The topological polar surface area (TPSA) is 54.3 Å². The van der Waals surface area contributed by atoms with Gasteiger partial charge >= 0.3 is 7.12 Å². The second-order valence-electron chi connectivity index (χ2n) is 6.69. The summed E-state index contributed by atoms with van der Waals surface area (Å²) in [5.74, 6) is -0.529. The van der Waals surface area contributed by atoms with Gasteiger partial charge < -0.3 is 14.6 Å². The lowest BCUT2D eigenvalue weighted by Crippen LogP contribution is -2.41. The van der Waals surface area contributed by atoms with Gasteiger partial charge in [-0.1, -0.05) is 12.1 Å². The molecule has 0 aromatic heterocycles. The van der Waals surface area contributed by atoms with E-state index in [1.807, 2.05) is 46.9 Å². The van der Waals surface area contributed by atoms with Crippen molar-refractivity contribution in [3.8, 4) is 6.07 Å². The SMILES string of the molecule is CNCC(=Cc1ccc(C#N)c(F)c1)B1OC(C)(C)C(C)(C)O1. The molecular formula is C17H22BFN2O2. The van der Waals surface area contributed by atoms with Crippen LogP contribution in [0.4, 0.5) is 4.39 Å².